The molecule has 1 N–H and O–H groups in total. The number of aromatic carboxylic acids is 1. The number of nitrogens with zero attached hydrogens (tertiary/aromatic N) is 5. The largest absolute Gasteiger partial charge is 0.478 e. The molecule has 2 aliphatic heterocycles. The Bertz CT molecular complexity index is 1600. The minimum atomic E-state index is -0.923. The molecule has 0 spiro atoms. The summed E-state index contributed by atoms with van der Waals surface area (Å²) in [4.78, 5) is 26.3. The highest BCUT2D eigenvalue weighted by Gasteiger charge is 2.26. The Morgan fingerprint density at radius 2 is 1.88 bits per heavy atom. The number of hydrogen-bond donors (Lipinski definition) is 1. The fourth-order valence-electron chi connectivity index (χ4n) is 6.33. The number of rotatable bonds is 9. The first-order chi connectivity index (χ1) is 20.8. The summed E-state index contributed by atoms with van der Waals surface area (Å²) in [5, 5.41) is 9.98. The summed E-state index contributed by atoms with van der Waals surface area (Å²) in [5.41, 5.74) is 3.44. The van der Waals surface area contributed by atoms with Crippen LogP contribution in [-0.4, -0.2) is 68.1 Å². The second-order valence-corrected chi connectivity index (χ2v) is 12.2. The molecule has 0 bridgehead atoms. The number of carbonyl (C=O) groups is 1. The highest BCUT2D eigenvalue weighted by atomic mass is 35.5. The van der Waals surface area contributed by atoms with Gasteiger partial charge in [0.1, 0.15) is 18.2 Å². The fraction of sp³-hybridized carbons (Fsp3) is 0.424. The van der Waals surface area contributed by atoms with Gasteiger partial charge in [0, 0.05) is 40.9 Å². The highest BCUT2D eigenvalue weighted by molar-refractivity contribution is 6.30. The monoisotopic (exact) mass is 605 g/mol. The molecule has 2 fully saturated rings. The molecule has 43 heavy (non-hydrogen) atoms. The van der Waals surface area contributed by atoms with E-state index in [4.69, 9.17) is 26.3 Å². The van der Waals surface area contributed by atoms with Crippen LogP contribution < -0.4 is 4.74 Å². The Hall–Kier alpha value is -3.53. The van der Waals surface area contributed by atoms with Crippen molar-refractivity contribution in [3.05, 3.63) is 88.1 Å². The SMILES string of the molecule is CN1CCCCC1Cn1c(CN2CCC(c3cccc(OCc4ccc(Cl)cc4F)n3)CC2)nc2ccc(C(=O)O)cc21. The normalized spacial score (nSPS) is 18.7. The Morgan fingerprint density at radius 1 is 1.05 bits per heavy atom. The second kappa shape index (κ2) is 13.0. The Balaban J connectivity index is 1.13. The predicted molar refractivity (Wildman–Crippen MR) is 164 cm³/mol. The van der Waals surface area contributed by atoms with Crippen LogP contribution >= 0.6 is 11.6 Å². The average Bonchev–Trinajstić information content (AvgIpc) is 3.34. The van der Waals surface area contributed by atoms with E-state index < -0.39 is 11.8 Å². The Kier molecular flexibility index (Phi) is 8.93. The van der Waals surface area contributed by atoms with E-state index in [1.165, 1.54) is 18.9 Å². The maximum atomic E-state index is 14.2. The zero-order valence-corrected chi connectivity index (χ0v) is 25.1. The molecule has 2 aromatic heterocycles. The molecule has 0 aliphatic carbocycles. The number of ether oxygens (including phenoxy) is 1. The van der Waals surface area contributed by atoms with Crippen molar-refractivity contribution in [2.24, 2.45) is 0 Å². The maximum Gasteiger partial charge on any atom is 0.335 e. The number of halogens is 2. The molecule has 2 aliphatic rings. The van der Waals surface area contributed by atoms with Gasteiger partial charge < -0.3 is 19.3 Å². The number of aromatic nitrogens is 3. The van der Waals surface area contributed by atoms with Gasteiger partial charge in [0.25, 0.3) is 0 Å². The van der Waals surface area contributed by atoms with Crippen LogP contribution in [0.25, 0.3) is 11.0 Å². The Morgan fingerprint density at radius 3 is 2.65 bits per heavy atom. The van der Waals surface area contributed by atoms with E-state index in [0.29, 0.717) is 35.0 Å². The van der Waals surface area contributed by atoms with Crippen molar-refractivity contribution < 1.29 is 19.0 Å². The summed E-state index contributed by atoms with van der Waals surface area (Å²) in [5.74, 6) is 0.458. The third kappa shape index (κ3) is 6.84. The number of piperidine rings is 2. The van der Waals surface area contributed by atoms with Crippen LogP contribution in [0.5, 0.6) is 5.88 Å². The summed E-state index contributed by atoms with van der Waals surface area (Å²) in [6.45, 7) is 4.49. The first-order valence-electron chi connectivity index (χ1n) is 15.0. The lowest BCUT2D eigenvalue weighted by atomic mass is 9.93. The zero-order valence-electron chi connectivity index (χ0n) is 24.4. The molecule has 8 nitrogen and oxygen atoms in total. The van der Waals surface area contributed by atoms with Gasteiger partial charge in [0.05, 0.1) is 23.1 Å². The molecule has 2 saturated heterocycles. The third-order valence-electron chi connectivity index (χ3n) is 8.90. The number of pyridine rings is 1. The molecular weight excluding hydrogens is 569 g/mol. The van der Waals surface area contributed by atoms with Crippen LogP contribution in [0.15, 0.2) is 54.6 Å². The smallest absolute Gasteiger partial charge is 0.335 e. The number of benzene rings is 2. The topological polar surface area (TPSA) is 83.7 Å². The number of fused-ring (bicyclic) bond motifs is 1. The van der Waals surface area contributed by atoms with Gasteiger partial charge in [0.2, 0.25) is 5.88 Å². The second-order valence-electron chi connectivity index (χ2n) is 11.8. The van der Waals surface area contributed by atoms with Gasteiger partial charge in [-0.05, 0) is 88.8 Å². The van der Waals surface area contributed by atoms with Gasteiger partial charge in [-0.3, -0.25) is 4.90 Å². The van der Waals surface area contributed by atoms with Crippen LogP contribution in [0.1, 0.15) is 65.5 Å². The van der Waals surface area contributed by atoms with Crippen molar-refractivity contribution >= 4 is 28.6 Å². The van der Waals surface area contributed by atoms with E-state index in [9.17, 15) is 14.3 Å². The number of hydrogen-bond acceptors (Lipinski definition) is 6. The summed E-state index contributed by atoms with van der Waals surface area (Å²) < 4.78 is 22.2. The summed E-state index contributed by atoms with van der Waals surface area (Å²) in [6.07, 6.45) is 5.47. The van der Waals surface area contributed by atoms with Gasteiger partial charge in [-0.1, -0.05) is 30.2 Å². The number of likely N-dealkylation sites (N-methyl/N-ethyl adjacent to an activating group) is 1. The predicted octanol–water partition coefficient (Wildman–Crippen LogP) is 6.36. The van der Waals surface area contributed by atoms with Gasteiger partial charge in [0.15, 0.2) is 0 Å². The highest BCUT2D eigenvalue weighted by Crippen LogP contribution is 2.30. The van der Waals surface area contributed by atoms with Crippen LogP contribution in [0.3, 0.4) is 0 Å². The number of likely N-dealkylation sites (tertiary alicyclic amines) is 2. The van der Waals surface area contributed by atoms with E-state index >= 15 is 0 Å². The van der Waals surface area contributed by atoms with Crippen molar-refractivity contribution in [3.8, 4) is 5.88 Å². The minimum absolute atomic E-state index is 0.0868. The van der Waals surface area contributed by atoms with E-state index in [1.54, 1.807) is 30.3 Å². The van der Waals surface area contributed by atoms with Gasteiger partial charge in [-0.15, -0.1) is 0 Å². The molecule has 6 rings (SSSR count). The van der Waals surface area contributed by atoms with Crippen LogP contribution in [-0.2, 0) is 19.7 Å². The summed E-state index contributed by atoms with van der Waals surface area (Å²) >= 11 is 5.86. The fourth-order valence-corrected chi connectivity index (χ4v) is 6.49. The lowest BCUT2D eigenvalue weighted by Crippen LogP contribution is -2.40. The van der Waals surface area contributed by atoms with Crippen LogP contribution in [0, 0.1) is 5.82 Å². The van der Waals surface area contributed by atoms with E-state index in [0.717, 1.165) is 68.0 Å². The number of carboxylic acids is 1. The molecule has 10 heteroatoms. The summed E-state index contributed by atoms with van der Waals surface area (Å²) in [6, 6.07) is 16.0. The van der Waals surface area contributed by atoms with E-state index in [2.05, 4.69) is 21.4 Å². The summed E-state index contributed by atoms with van der Waals surface area (Å²) in [7, 11) is 2.18. The molecule has 1 atom stereocenters. The average molecular weight is 606 g/mol. The van der Waals surface area contributed by atoms with Gasteiger partial charge >= 0.3 is 5.97 Å². The maximum absolute atomic E-state index is 14.2. The first-order valence-corrected chi connectivity index (χ1v) is 15.4. The molecular formula is C33H37ClFN5O3. The molecule has 0 amide bonds. The molecule has 1 unspecified atom stereocenters. The van der Waals surface area contributed by atoms with E-state index in [1.807, 2.05) is 18.2 Å². The molecule has 4 heterocycles. The van der Waals surface area contributed by atoms with Crippen molar-refractivity contribution in [3.63, 3.8) is 0 Å². The lowest BCUT2D eigenvalue weighted by Gasteiger charge is -2.34. The molecule has 4 aromatic rings. The quantitative estimate of drug-likeness (QED) is 0.237. The van der Waals surface area contributed by atoms with Gasteiger partial charge in [-0.2, -0.15) is 0 Å². The third-order valence-corrected chi connectivity index (χ3v) is 9.13. The van der Waals surface area contributed by atoms with Crippen molar-refractivity contribution in [2.75, 3.05) is 26.7 Å². The minimum Gasteiger partial charge on any atom is -0.478 e. The lowest BCUT2D eigenvalue weighted by molar-refractivity contribution is 0.0697. The number of carboxylic acid groups (broad SMARTS) is 1. The van der Waals surface area contributed by atoms with Crippen molar-refractivity contribution in [1.82, 2.24) is 24.3 Å². The first kappa shape index (κ1) is 29.5. The standard InChI is InChI=1S/C33H37ClFN5O3/c1-38-14-3-2-5-26(38)19-40-30-17-23(33(41)42)9-11-29(30)36-31(40)20-39-15-12-22(13-16-39)28-6-4-7-32(37-28)43-21-24-8-10-25(34)18-27(24)35/h4,6-11,17-18,22,26H,2-3,5,12-16,19-21H2,1H3,(H,41,42). The Labute approximate surface area is 256 Å². The van der Waals surface area contributed by atoms with Gasteiger partial charge in [-0.25, -0.2) is 19.2 Å². The van der Waals surface area contributed by atoms with Crippen molar-refractivity contribution in [1.29, 1.82) is 0 Å². The van der Waals surface area contributed by atoms with E-state index in [-0.39, 0.29) is 12.2 Å². The molecule has 226 valence electrons. The zero-order chi connectivity index (χ0) is 29.9. The molecule has 2 aromatic carbocycles. The van der Waals surface area contributed by atoms with Crippen LogP contribution in [0.4, 0.5) is 4.39 Å². The molecule has 0 saturated carbocycles. The molecule has 0 radical (unpaired) electrons. The van der Waals surface area contributed by atoms with Crippen LogP contribution in [0.2, 0.25) is 5.02 Å². The number of imidazole rings is 1. The van der Waals surface area contributed by atoms with Crippen molar-refractivity contribution in [2.45, 2.75) is 63.8 Å².